The van der Waals surface area contributed by atoms with E-state index >= 15 is 0 Å². The van der Waals surface area contributed by atoms with E-state index < -0.39 is 0 Å². The van der Waals surface area contributed by atoms with Gasteiger partial charge >= 0.3 is 5.97 Å². The van der Waals surface area contributed by atoms with Crippen LogP contribution in [0.5, 0.6) is 0 Å². The molecule has 1 heterocycles. The summed E-state index contributed by atoms with van der Waals surface area (Å²) >= 11 is 0. The molecule has 1 aliphatic heterocycles. The van der Waals surface area contributed by atoms with Gasteiger partial charge in [0.1, 0.15) is 0 Å². The highest BCUT2D eigenvalue weighted by Crippen LogP contribution is 2.33. The quantitative estimate of drug-likeness (QED) is 0.663. The van der Waals surface area contributed by atoms with Crippen LogP contribution in [-0.2, 0) is 9.53 Å². The van der Waals surface area contributed by atoms with Crippen LogP contribution in [0, 0.1) is 0 Å². The van der Waals surface area contributed by atoms with Crippen LogP contribution in [0.1, 0.15) is 26.2 Å². The van der Waals surface area contributed by atoms with E-state index in [1.54, 1.807) is 0 Å². The second-order valence-electron chi connectivity index (χ2n) is 4.39. The summed E-state index contributed by atoms with van der Waals surface area (Å²) < 4.78 is 4.73. The lowest BCUT2D eigenvalue weighted by Crippen LogP contribution is -2.48. The Morgan fingerprint density at radius 3 is 3.13 bits per heavy atom. The highest BCUT2D eigenvalue weighted by molar-refractivity contribution is 5.92. The minimum Gasteiger partial charge on any atom is -0.465 e. The molecule has 0 radical (unpaired) electrons. The van der Waals surface area contributed by atoms with Crippen molar-refractivity contribution < 1.29 is 9.53 Å². The highest BCUT2D eigenvalue weighted by atomic mass is 16.5. The second kappa shape index (κ2) is 3.81. The summed E-state index contributed by atoms with van der Waals surface area (Å²) in [7, 11) is 1.43. The first-order valence-electron chi connectivity index (χ1n) is 5.40. The van der Waals surface area contributed by atoms with Crippen molar-refractivity contribution in [2.45, 2.75) is 31.7 Å². The Kier molecular flexibility index (Phi) is 2.65. The highest BCUT2D eigenvalue weighted by Gasteiger charge is 2.33. The molecule has 2 aliphatic rings. The number of carbonyl (C=O) groups is 1. The van der Waals surface area contributed by atoms with Gasteiger partial charge in [-0.1, -0.05) is 6.08 Å². The van der Waals surface area contributed by atoms with Gasteiger partial charge in [0.15, 0.2) is 0 Å². The third-order valence-electron chi connectivity index (χ3n) is 3.33. The number of nitrogens with one attached hydrogen (secondary N) is 1. The lowest BCUT2D eigenvalue weighted by molar-refractivity contribution is -0.135. The molecule has 1 atom stereocenters. The zero-order valence-electron chi connectivity index (χ0n) is 9.30. The Balaban J connectivity index is 2.23. The van der Waals surface area contributed by atoms with Gasteiger partial charge in [0.05, 0.1) is 12.7 Å². The molecule has 0 aromatic heterocycles. The molecular formula is C12H17NO2. The van der Waals surface area contributed by atoms with E-state index in [9.17, 15) is 4.79 Å². The monoisotopic (exact) mass is 207 g/mol. The Morgan fingerprint density at radius 1 is 1.60 bits per heavy atom. The van der Waals surface area contributed by atoms with Crippen molar-refractivity contribution in [1.82, 2.24) is 5.32 Å². The van der Waals surface area contributed by atoms with Gasteiger partial charge in [-0.3, -0.25) is 0 Å². The van der Waals surface area contributed by atoms with Gasteiger partial charge in [0.2, 0.25) is 0 Å². The molecule has 1 unspecified atom stereocenters. The Bertz CT molecular complexity index is 344. The average molecular weight is 207 g/mol. The number of methoxy groups -OCH3 is 1. The molecule has 0 amide bonds. The van der Waals surface area contributed by atoms with Crippen molar-refractivity contribution >= 4 is 5.97 Å². The number of piperidine rings is 1. The predicted molar refractivity (Wildman–Crippen MR) is 58.4 cm³/mol. The average Bonchev–Trinajstić information content (AvgIpc) is 2.26. The van der Waals surface area contributed by atoms with Crippen molar-refractivity contribution in [3.63, 3.8) is 0 Å². The van der Waals surface area contributed by atoms with E-state index in [4.69, 9.17) is 4.74 Å². The third kappa shape index (κ3) is 1.84. The zero-order chi connectivity index (χ0) is 10.9. The van der Waals surface area contributed by atoms with Crippen molar-refractivity contribution in [1.29, 1.82) is 0 Å². The van der Waals surface area contributed by atoms with Gasteiger partial charge < -0.3 is 10.1 Å². The van der Waals surface area contributed by atoms with Crippen molar-refractivity contribution in [3.8, 4) is 0 Å². The summed E-state index contributed by atoms with van der Waals surface area (Å²) in [5.74, 6) is -0.227. The van der Waals surface area contributed by atoms with Crippen LogP contribution in [0.25, 0.3) is 0 Å². The van der Waals surface area contributed by atoms with Gasteiger partial charge in [0.25, 0.3) is 0 Å². The molecule has 3 nitrogen and oxygen atoms in total. The third-order valence-corrected chi connectivity index (χ3v) is 3.33. The van der Waals surface area contributed by atoms with Gasteiger partial charge in [-0.25, -0.2) is 4.79 Å². The molecule has 1 saturated heterocycles. The first-order chi connectivity index (χ1) is 7.15. The van der Waals surface area contributed by atoms with Gasteiger partial charge in [0, 0.05) is 5.54 Å². The minimum atomic E-state index is -0.227. The fraction of sp³-hybridized carbons (Fsp3) is 0.583. The molecule has 82 valence electrons. The molecule has 1 N–H and O–H groups in total. The molecule has 1 aliphatic carbocycles. The van der Waals surface area contributed by atoms with Gasteiger partial charge in [-0.2, -0.15) is 0 Å². The summed E-state index contributed by atoms with van der Waals surface area (Å²) in [4.78, 5) is 11.4. The van der Waals surface area contributed by atoms with E-state index in [0.29, 0.717) is 5.57 Å². The molecule has 0 saturated carbocycles. The molecular weight excluding hydrogens is 190 g/mol. The number of rotatable bonds is 1. The van der Waals surface area contributed by atoms with Crippen LogP contribution >= 0.6 is 0 Å². The number of carbonyl (C=O) groups excluding carboxylic acids is 1. The van der Waals surface area contributed by atoms with Crippen molar-refractivity contribution in [2.24, 2.45) is 0 Å². The summed E-state index contributed by atoms with van der Waals surface area (Å²) in [6.07, 6.45) is 7.06. The number of hydrogen-bond donors (Lipinski definition) is 1. The number of esters is 1. The van der Waals surface area contributed by atoms with Crippen LogP contribution in [0.3, 0.4) is 0 Å². The first-order valence-corrected chi connectivity index (χ1v) is 5.40. The second-order valence-corrected chi connectivity index (χ2v) is 4.39. The Hall–Kier alpha value is -1.09. The molecule has 2 rings (SSSR count). The maximum absolute atomic E-state index is 11.4. The normalized spacial score (nSPS) is 30.0. The standard InChI is InChI=1S/C12H17NO2/c1-12-6-5-9(11(14)15-2)8-10(12)4-3-7-13-12/h5,8,13H,3-4,6-7H2,1-2H3. The summed E-state index contributed by atoms with van der Waals surface area (Å²) in [5, 5.41) is 3.51. The maximum Gasteiger partial charge on any atom is 0.337 e. The molecule has 0 aromatic rings. The van der Waals surface area contributed by atoms with Crippen LogP contribution in [0.2, 0.25) is 0 Å². The van der Waals surface area contributed by atoms with E-state index in [2.05, 4.69) is 12.2 Å². The summed E-state index contributed by atoms with van der Waals surface area (Å²) in [6, 6.07) is 0. The number of hydrogen-bond acceptors (Lipinski definition) is 3. The van der Waals surface area contributed by atoms with E-state index in [1.807, 2.05) is 12.2 Å². The van der Waals surface area contributed by atoms with Crippen LogP contribution in [-0.4, -0.2) is 25.2 Å². The number of ether oxygens (including phenoxy) is 1. The molecule has 15 heavy (non-hydrogen) atoms. The minimum absolute atomic E-state index is 0.0652. The molecule has 0 bridgehead atoms. The first kappa shape index (κ1) is 10.4. The van der Waals surface area contributed by atoms with Gasteiger partial charge in [-0.05, 0) is 44.4 Å². The van der Waals surface area contributed by atoms with E-state index in [0.717, 1.165) is 25.8 Å². The lowest BCUT2D eigenvalue weighted by atomic mass is 9.78. The molecule has 1 fully saturated rings. The van der Waals surface area contributed by atoms with Crippen molar-refractivity contribution in [3.05, 3.63) is 23.3 Å². The van der Waals surface area contributed by atoms with Crippen molar-refractivity contribution in [2.75, 3.05) is 13.7 Å². The van der Waals surface area contributed by atoms with Crippen LogP contribution < -0.4 is 5.32 Å². The molecule has 3 heteroatoms. The zero-order valence-corrected chi connectivity index (χ0v) is 9.30. The van der Waals surface area contributed by atoms with E-state index in [1.165, 1.54) is 12.7 Å². The lowest BCUT2D eigenvalue weighted by Gasteiger charge is -2.39. The topological polar surface area (TPSA) is 38.3 Å². The largest absolute Gasteiger partial charge is 0.465 e. The Labute approximate surface area is 90.2 Å². The van der Waals surface area contributed by atoms with Crippen LogP contribution in [0.15, 0.2) is 23.3 Å². The smallest absolute Gasteiger partial charge is 0.337 e. The Morgan fingerprint density at radius 2 is 2.40 bits per heavy atom. The molecule has 0 spiro atoms. The molecule has 0 aromatic carbocycles. The summed E-state index contributed by atoms with van der Waals surface area (Å²) in [5.41, 5.74) is 2.10. The SMILES string of the molecule is COC(=O)C1=CCC2(C)NCCCC2=C1. The predicted octanol–water partition coefficient (Wildman–Crippen LogP) is 1.56. The van der Waals surface area contributed by atoms with E-state index in [-0.39, 0.29) is 11.5 Å². The van der Waals surface area contributed by atoms with Crippen LogP contribution in [0.4, 0.5) is 0 Å². The fourth-order valence-electron chi connectivity index (χ4n) is 2.29. The fourth-order valence-corrected chi connectivity index (χ4v) is 2.29. The summed E-state index contributed by atoms with van der Waals surface area (Å²) in [6.45, 7) is 3.26. The number of fused-ring (bicyclic) bond motifs is 1. The maximum atomic E-state index is 11.4. The van der Waals surface area contributed by atoms with Gasteiger partial charge in [-0.15, -0.1) is 0 Å².